The molecule has 0 atom stereocenters. The zero-order valence-electron chi connectivity index (χ0n) is 13.0. The lowest BCUT2D eigenvalue weighted by Crippen LogP contribution is -2.35. The Labute approximate surface area is 131 Å². The monoisotopic (exact) mass is 305 g/mol. The summed E-state index contributed by atoms with van der Waals surface area (Å²) in [6.45, 7) is -0.193. The van der Waals surface area contributed by atoms with Gasteiger partial charge in [-0.1, -0.05) is 31.0 Å². The van der Waals surface area contributed by atoms with E-state index in [0.717, 1.165) is 37.0 Å². The summed E-state index contributed by atoms with van der Waals surface area (Å²) in [7, 11) is 1.60. The van der Waals surface area contributed by atoms with Gasteiger partial charge in [0.15, 0.2) is 6.61 Å². The van der Waals surface area contributed by atoms with Crippen molar-refractivity contribution in [3.8, 4) is 5.75 Å². The number of para-hydroxylation sites is 1. The van der Waals surface area contributed by atoms with Crippen molar-refractivity contribution in [1.82, 2.24) is 5.32 Å². The van der Waals surface area contributed by atoms with Crippen LogP contribution in [0.25, 0.3) is 0 Å². The third-order valence-corrected chi connectivity index (χ3v) is 3.88. The van der Waals surface area contributed by atoms with Gasteiger partial charge in [0.2, 0.25) is 0 Å². The Balaban J connectivity index is 1.68. The number of benzene rings is 1. The van der Waals surface area contributed by atoms with Gasteiger partial charge in [0.1, 0.15) is 5.75 Å². The lowest BCUT2D eigenvalue weighted by atomic mass is 10.1. The summed E-state index contributed by atoms with van der Waals surface area (Å²) in [5.74, 6) is 0.180. The molecular formula is C17H23NO4. The normalized spacial score (nSPS) is 14.6. The average molecular weight is 305 g/mol. The number of hydrogen-bond donors (Lipinski definition) is 1. The fraction of sp³-hybridized carbons (Fsp3) is 0.529. The fourth-order valence-electron chi connectivity index (χ4n) is 2.70. The van der Waals surface area contributed by atoms with Crippen molar-refractivity contribution in [3.63, 3.8) is 0 Å². The molecule has 1 saturated carbocycles. The van der Waals surface area contributed by atoms with Crippen LogP contribution in [0.1, 0.15) is 37.7 Å². The number of amides is 1. The highest BCUT2D eigenvalue weighted by Crippen LogP contribution is 2.19. The van der Waals surface area contributed by atoms with E-state index in [0.29, 0.717) is 6.42 Å². The van der Waals surface area contributed by atoms with E-state index in [-0.39, 0.29) is 30.9 Å². The highest BCUT2D eigenvalue weighted by atomic mass is 16.5. The number of rotatable bonds is 7. The molecule has 1 aliphatic carbocycles. The number of carbonyl (C=O) groups is 2. The third kappa shape index (κ3) is 5.06. The number of nitrogens with one attached hydrogen (secondary N) is 1. The van der Waals surface area contributed by atoms with E-state index in [9.17, 15) is 9.59 Å². The number of aryl methyl sites for hydroxylation is 1. The number of hydrogen-bond acceptors (Lipinski definition) is 4. The molecule has 5 heteroatoms. The van der Waals surface area contributed by atoms with Crippen LogP contribution in [0, 0.1) is 0 Å². The van der Waals surface area contributed by atoms with Gasteiger partial charge in [0.05, 0.1) is 7.11 Å². The minimum absolute atomic E-state index is 0.193. The molecular weight excluding hydrogens is 282 g/mol. The molecule has 1 aromatic rings. The lowest BCUT2D eigenvalue weighted by Gasteiger charge is -2.12. The van der Waals surface area contributed by atoms with Gasteiger partial charge in [-0.3, -0.25) is 9.59 Å². The molecule has 1 amide bonds. The third-order valence-electron chi connectivity index (χ3n) is 3.88. The van der Waals surface area contributed by atoms with Crippen molar-refractivity contribution in [3.05, 3.63) is 29.8 Å². The first-order chi connectivity index (χ1) is 10.7. The molecule has 0 aromatic heterocycles. The summed E-state index contributed by atoms with van der Waals surface area (Å²) in [4.78, 5) is 23.4. The predicted octanol–water partition coefficient (Wildman–Crippen LogP) is 2.23. The van der Waals surface area contributed by atoms with Crippen LogP contribution in [0.15, 0.2) is 24.3 Å². The van der Waals surface area contributed by atoms with E-state index in [1.165, 1.54) is 0 Å². The summed E-state index contributed by atoms with van der Waals surface area (Å²) in [5, 5.41) is 2.89. The molecule has 0 aliphatic heterocycles. The molecule has 22 heavy (non-hydrogen) atoms. The summed E-state index contributed by atoms with van der Waals surface area (Å²) >= 11 is 0. The zero-order chi connectivity index (χ0) is 15.8. The molecule has 120 valence electrons. The second kappa shape index (κ2) is 8.41. The number of methoxy groups -OCH3 is 1. The maximum atomic E-state index is 11.7. The SMILES string of the molecule is COc1ccccc1CCC(=O)OCC(=O)NC1CCCC1. The zero-order valence-corrected chi connectivity index (χ0v) is 13.0. The molecule has 2 rings (SSSR count). The maximum Gasteiger partial charge on any atom is 0.306 e. The second-order valence-electron chi connectivity index (χ2n) is 5.52. The van der Waals surface area contributed by atoms with E-state index in [4.69, 9.17) is 9.47 Å². The topological polar surface area (TPSA) is 64.6 Å². The Morgan fingerprint density at radius 3 is 2.68 bits per heavy atom. The first-order valence-corrected chi connectivity index (χ1v) is 7.76. The molecule has 1 fully saturated rings. The molecule has 0 heterocycles. The van der Waals surface area contributed by atoms with Gasteiger partial charge in [-0.05, 0) is 30.9 Å². The van der Waals surface area contributed by atoms with Crippen molar-refractivity contribution < 1.29 is 19.1 Å². The van der Waals surface area contributed by atoms with E-state index in [1.807, 2.05) is 24.3 Å². The summed E-state index contributed by atoms with van der Waals surface area (Å²) in [6, 6.07) is 7.81. The van der Waals surface area contributed by atoms with Crippen LogP contribution in [-0.2, 0) is 20.7 Å². The van der Waals surface area contributed by atoms with Crippen molar-refractivity contribution in [2.24, 2.45) is 0 Å². The maximum absolute atomic E-state index is 11.7. The van der Waals surface area contributed by atoms with E-state index >= 15 is 0 Å². The molecule has 0 unspecified atom stereocenters. The predicted molar refractivity (Wildman–Crippen MR) is 82.7 cm³/mol. The number of carbonyl (C=O) groups excluding carboxylic acids is 2. The number of ether oxygens (including phenoxy) is 2. The Bertz CT molecular complexity index is 509. The first kappa shape index (κ1) is 16.3. The van der Waals surface area contributed by atoms with Crippen molar-refractivity contribution in [2.45, 2.75) is 44.6 Å². The fourth-order valence-corrected chi connectivity index (χ4v) is 2.70. The first-order valence-electron chi connectivity index (χ1n) is 7.76. The smallest absolute Gasteiger partial charge is 0.306 e. The van der Waals surface area contributed by atoms with Crippen molar-refractivity contribution >= 4 is 11.9 Å². The van der Waals surface area contributed by atoms with Gasteiger partial charge < -0.3 is 14.8 Å². The Kier molecular flexibility index (Phi) is 6.25. The Morgan fingerprint density at radius 2 is 1.95 bits per heavy atom. The Morgan fingerprint density at radius 1 is 1.23 bits per heavy atom. The number of esters is 1. The van der Waals surface area contributed by atoms with E-state index < -0.39 is 0 Å². The van der Waals surface area contributed by atoms with Crippen LogP contribution in [0.4, 0.5) is 0 Å². The van der Waals surface area contributed by atoms with Crippen LogP contribution < -0.4 is 10.1 Å². The average Bonchev–Trinajstić information content (AvgIpc) is 3.04. The second-order valence-corrected chi connectivity index (χ2v) is 5.52. The van der Waals surface area contributed by atoms with Crippen LogP contribution >= 0.6 is 0 Å². The Hall–Kier alpha value is -2.04. The van der Waals surface area contributed by atoms with Crippen LogP contribution in [-0.4, -0.2) is 31.6 Å². The molecule has 0 saturated heterocycles. The summed E-state index contributed by atoms with van der Waals surface area (Å²) in [5.41, 5.74) is 0.956. The lowest BCUT2D eigenvalue weighted by molar-refractivity contribution is -0.148. The van der Waals surface area contributed by atoms with Gasteiger partial charge in [-0.2, -0.15) is 0 Å². The van der Waals surface area contributed by atoms with Gasteiger partial charge >= 0.3 is 5.97 Å². The largest absolute Gasteiger partial charge is 0.496 e. The molecule has 1 aromatic carbocycles. The highest BCUT2D eigenvalue weighted by molar-refractivity contribution is 5.80. The minimum Gasteiger partial charge on any atom is -0.496 e. The molecule has 1 aliphatic rings. The van der Waals surface area contributed by atoms with E-state index in [2.05, 4.69) is 5.32 Å². The van der Waals surface area contributed by atoms with Crippen LogP contribution in [0.3, 0.4) is 0 Å². The van der Waals surface area contributed by atoms with Crippen LogP contribution in [0.2, 0.25) is 0 Å². The molecule has 5 nitrogen and oxygen atoms in total. The van der Waals surface area contributed by atoms with Crippen molar-refractivity contribution in [2.75, 3.05) is 13.7 Å². The summed E-state index contributed by atoms with van der Waals surface area (Å²) in [6.07, 6.45) is 5.12. The molecule has 1 N–H and O–H groups in total. The van der Waals surface area contributed by atoms with Gasteiger partial charge in [0, 0.05) is 12.5 Å². The van der Waals surface area contributed by atoms with Gasteiger partial charge in [-0.25, -0.2) is 0 Å². The van der Waals surface area contributed by atoms with Crippen molar-refractivity contribution in [1.29, 1.82) is 0 Å². The van der Waals surface area contributed by atoms with Gasteiger partial charge in [-0.15, -0.1) is 0 Å². The minimum atomic E-state index is -0.368. The highest BCUT2D eigenvalue weighted by Gasteiger charge is 2.17. The van der Waals surface area contributed by atoms with Gasteiger partial charge in [0.25, 0.3) is 5.91 Å². The summed E-state index contributed by atoms with van der Waals surface area (Å²) < 4.78 is 10.3. The standard InChI is InChI=1S/C17H23NO4/c1-21-15-9-5-2-6-13(15)10-11-17(20)22-12-16(19)18-14-7-3-4-8-14/h2,5-6,9,14H,3-4,7-8,10-12H2,1H3,(H,18,19). The molecule has 0 radical (unpaired) electrons. The quantitative estimate of drug-likeness (QED) is 0.785. The molecule has 0 bridgehead atoms. The van der Waals surface area contributed by atoms with E-state index in [1.54, 1.807) is 7.11 Å². The van der Waals surface area contributed by atoms with Crippen LogP contribution in [0.5, 0.6) is 5.75 Å². The molecule has 0 spiro atoms.